The van der Waals surface area contributed by atoms with Gasteiger partial charge in [-0.1, -0.05) is 24.3 Å². The third-order valence-electron chi connectivity index (χ3n) is 5.05. The molecule has 0 unspecified atom stereocenters. The molecule has 6 heteroatoms. The maximum atomic E-state index is 13.4. The van der Waals surface area contributed by atoms with Crippen LogP contribution in [0.2, 0.25) is 0 Å². The summed E-state index contributed by atoms with van der Waals surface area (Å²) in [6, 6.07) is 13.5. The molecule has 1 aromatic heterocycles. The number of benzene rings is 2. The molecule has 27 heavy (non-hydrogen) atoms. The van der Waals surface area contributed by atoms with Crippen molar-refractivity contribution in [2.45, 2.75) is 0 Å². The highest BCUT2D eigenvalue weighted by molar-refractivity contribution is 6.07. The lowest BCUT2D eigenvalue weighted by atomic mass is 10.1. The van der Waals surface area contributed by atoms with Gasteiger partial charge in [-0.25, -0.2) is 4.39 Å². The molecule has 2 heterocycles. The Morgan fingerprint density at radius 3 is 2.26 bits per heavy atom. The zero-order chi connectivity index (χ0) is 19.0. The van der Waals surface area contributed by atoms with Gasteiger partial charge in [0, 0.05) is 55.9 Å². The third-order valence-corrected chi connectivity index (χ3v) is 5.05. The molecule has 0 aliphatic carbocycles. The van der Waals surface area contributed by atoms with Crippen molar-refractivity contribution in [2.75, 3.05) is 26.2 Å². The summed E-state index contributed by atoms with van der Waals surface area (Å²) < 4.78 is 15.3. The fourth-order valence-electron chi connectivity index (χ4n) is 3.60. The third kappa shape index (κ3) is 3.18. The van der Waals surface area contributed by atoms with Crippen LogP contribution >= 0.6 is 0 Å². The molecule has 0 atom stereocenters. The fraction of sp³-hybridized carbons (Fsp3) is 0.238. The summed E-state index contributed by atoms with van der Waals surface area (Å²) >= 11 is 0. The van der Waals surface area contributed by atoms with Gasteiger partial charge in [0.2, 0.25) is 0 Å². The van der Waals surface area contributed by atoms with Crippen molar-refractivity contribution in [3.05, 3.63) is 71.7 Å². The van der Waals surface area contributed by atoms with E-state index in [0.29, 0.717) is 37.3 Å². The van der Waals surface area contributed by atoms with E-state index in [2.05, 4.69) is 0 Å². The van der Waals surface area contributed by atoms with Gasteiger partial charge in [0.05, 0.1) is 5.56 Å². The molecule has 0 bridgehead atoms. The number of hydrogen-bond donors (Lipinski definition) is 0. The van der Waals surface area contributed by atoms with Crippen molar-refractivity contribution in [1.82, 2.24) is 14.4 Å². The van der Waals surface area contributed by atoms with Crippen LogP contribution in [0.1, 0.15) is 20.7 Å². The second kappa shape index (κ2) is 6.87. The number of rotatable bonds is 2. The van der Waals surface area contributed by atoms with Crippen LogP contribution in [-0.4, -0.2) is 52.4 Å². The van der Waals surface area contributed by atoms with Crippen LogP contribution in [-0.2, 0) is 7.05 Å². The minimum atomic E-state index is -0.425. The van der Waals surface area contributed by atoms with E-state index < -0.39 is 5.82 Å². The maximum absolute atomic E-state index is 13.4. The number of carbonyl (C=O) groups is 2. The summed E-state index contributed by atoms with van der Waals surface area (Å²) in [6.45, 7) is 1.80. The first-order valence-electron chi connectivity index (χ1n) is 8.93. The number of hydrogen-bond acceptors (Lipinski definition) is 2. The molecule has 1 aliphatic heterocycles. The number of nitrogens with zero attached hydrogens (tertiary/aromatic N) is 3. The minimum Gasteiger partial charge on any atom is -0.350 e. The number of aromatic nitrogens is 1. The summed E-state index contributed by atoms with van der Waals surface area (Å²) in [6.07, 6.45) is 1.86. The number of piperazine rings is 1. The quantitative estimate of drug-likeness (QED) is 0.701. The summed E-state index contributed by atoms with van der Waals surface area (Å²) in [5.74, 6) is -0.651. The average Bonchev–Trinajstić information content (AvgIpc) is 3.04. The fourth-order valence-corrected chi connectivity index (χ4v) is 3.60. The number of amides is 2. The average molecular weight is 365 g/mol. The van der Waals surface area contributed by atoms with Crippen LogP contribution in [0.3, 0.4) is 0 Å². The first-order chi connectivity index (χ1) is 13.0. The Kier molecular flexibility index (Phi) is 4.39. The highest BCUT2D eigenvalue weighted by Gasteiger charge is 2.27. The molecule has 138 valence electrons. The van der Waals surface area contributed by atoms with E-state index in [4.69, 9.17) is 0 Å². The van der Waals surface area contributed by atoms with Crippen molar-refractivity contribution in [2.24, 2.45) is 7.05 Å². The standard InChI is InChI=1S/C21H20FN3O2/c1-23-14-18(17-7-2-3-8-19(17)23)21(27)25-11-9-24(10-12-25)20(26)15-5-4-6-16(22)13-15/h2-8,13-14H,9-12H2,1H3. The number of para-hydroxylation sites is 1. The van der Waals surface area contributed by atoms with Gasteiger partial charge < -0.3 is 14.4 Å². The molecule has 2 amide bonds. The SMILES string of the molecule is Cn1cc(C(=O)N2CCN(C(=O)c3cccc(F)c3)CC2)c2ccccc21. The van der Waals surface area contributed by atoms with Crippen LogP contribution in [0.25, 0.3) is 10.9 Å². The second-order valence-electron chi connectivity index (χ2n) is 6.77. The normalized spacial score (nSPS) is 14.6. The Hall–Kier alpha value is -3.15. The maximum Gasteiger partial charge on any atom is 0.256 e. The van der Waals surface area contributed by atoms with Gasteiger partial charge in [-0.3, -0.25) is 9.59 Å². The first kappa shape index (κ1) is 17.3. The van der Waals surface area contributed by atoms with Crippen molar-refractivity contribution in [1.29, 1.82) is 0 Å². The molecular weight excluding hydrogens is 345 g/mol. The van der Waals surface area contributed by atoms with Gasteiger partial charge in [-0.15, -0.1) is 0 Å². The van der Waals surface area contributed by atoms with E-state index in [-0.39, 0.29) is 11.8 Å². The molecule has 0 spiro atoms. The van der Waals surface area contributed by atoms with E-state index >= 15 is 0 Å². The molecule has 0 saturated carbocycles. The second-order valence-corrected chi connectivity index (χ2v) is 6.77. The molecule has 3 aromatic rings. The molecule has 5 nitrogen and oxygen atoms in total. The van der Waals surface area contributed by atoms with E-state index in [9.17, 15) is 14.0 Å². The van der Waals surface area contributed by atoms with E-state index in [0.717, 1.165) is 10.9 Å². The van der Waals surface area contributed by atoms with Crippen LogP contribution in [0.5, 0.6) is 0 Å². The van der Waals surface area contributed by atoms with E-state index in [1.165, 1.54) is 18.2 Å². The molecule has 4 rings (SSSR count). The van der Waals surface area contributed by atoms with E-state index in [1.807, 2.05) is 42.1 Å². The Morgan fingerprint density at radius 1 is 0.889 bits per heavy atom. The van der Waals surface area contributed by atoms with Crippen LogP contribution in [0, 0.1) is 5.82 Å². The lowest BCUT2D eigenvalue weighted by Gasteiger charge is -2.34. The summed E-state index contributed by atoms with van der Waals surface area (Å²) in [4.78, 5) is 29.0. The number of carbonyl (C=O) groups excluding carboxylic acids is 2. The monoisotopic (exact) mass is 365 g/mol. The Balaban J connectivity index is 1.47. The highest BCUT2D eigenvalue weighted by atomic mass is 19.1. The highest BCUT2D eigenvalue weighted by Crippen LogP contribution is 2.22. The Labute approximate surface area is 156 Å². The topological polar surface area (TPSA) is 45.6 Å². The lowest BCUT2D eigenvalue weighted by molar-refractivity contribution is 0.0536. The van der Waals surface area contributed by atoms with Gasteiger partial charge in [0.1, 0.15) is 5.82 Å². The molecule has 1 fully saturated rings. The molecular formula is C21H20FN3O2. The smallest absolute Gasteiger partial charge is 0.256 e. The molecule has 1 saturated heterocycles. The number of halogens is 1. The molecule has 0 N–H and O–H groups in total. The van der Waals surface area contributed by atoms with Crippen molar-refractivity contribution in [3.8, 4) is 0 Å². The minimum absolute atomic E-state index is 0.0235. The van der Waals surface area contributed by atoms with Crippen LogP contribution < -0.4 is 0 Å². The molecule has 1 aliphatic rings. The molecule has 2 aromatic carbocycles. The van der Waals surface area contributed by atoms with Gasteiger partial charge in [-0.2, -0.15) is 0 Å². The largest absolute Gasteiger partial charge is 0.350 e. The van der Waals surface area contributed by atoms with Crippen LogP contribution in [0.4, 0.5) is 4.39 Å². The van der Waals surface area contributed by atoms with Crippen LogP contribution in [0.15, 0.2) is 54.7 Å². The Bertz CT molecular complexity index is 1020. The molecule has 0 radical (unpaired) electrons. The summed E-state index contributed by atoms with van der Waals surface area (Å²) in [5, 5.41) is 0.934. The summed E-state index contributed by atoms with van der Waals surface area (Å²) in [7, 11) is 1.93. The first-order valence-corrected chi connectivity index (χ1v) is 8.93. The Morgan fingerprint density at radius 2 is 1.56 bits per heavy atom. The number of fused-ring (bicyclic) bond motifs is 1. The van der Waals surface area contributed by atoms with Gasteiger partial charge in [0.15, 0.2) is 0 Å². The predicted octanol–water partition coefficient (Wildman–Crippen LogP) is 2.92. The van der Waals surface area contributed by atoms with Gasteiger partial charge in [-0.05, 0) is 24.3 Å². The zero-order valence-corrected chi connectivity index (χ0v) is 15.1. The van der Waals surface area contributed by atoms with Crippen molar-refractivity contribution >= 4 is 22.7 Å². The van der Waals surface area contributed by atoms with Crippen molar-refractivity contribution in [3.63, 3.8) is 0 Å². The van der Waals surface area contributed by atoms with Gasteiger partial charge in [0.25, 0.3) is 11.8 Å². The van der Waals surface area contributed by atoms with Gasteiger partial charge >= 0.3 is 0 Å². The zero-order valence-electron chi connectivity index (χ0n) is 15.1. The summed E-state index contributed by atoms with van der Waals surface area (Å²) in [5.41, 5.74) is 2.03. The van der Waals surface area contributed by atoms with E-state index in [1.54, 1.807) is 15.9 Å². The predicted molar refractivity (Wildman–Crippen MR) is 101 cm³/mol. The number of aryl methyl sites for hydroxylation is 1. The lowest BCUT2D eigenvalue weighted by Crippen LogP contribution is -2.50. The van der Waals surface area contributed by atoms with Crippen molar-refractivity contribution < 1.29 is 14.0 Å².